The van der Waals surface area contributed by atoms with Crippen molar-refractivity contribution in [1.29, 1.82) is 0 Å². The molecule has 5 rings (SSSR count). The number of carboxylic acids is 1. The molecule has 9 nitrogen and oxygen atoms in total. The van der Waals surface area contributed by atoms with Crippen LogP contribution in [0, 0.1) is 0 Å². The highest BCUT2D eigenvalue weighted by atomic mass is 16.4. The number of anilines is 2. The second-order valence-corrected chi connectivity index (χ2v) is 8.54. The summed E-state index contributed by atoms with van der Waals surface area (Å²) in [6, 6.07) is 18.3. The van der Waals surface area contributed by atoms with Crippen LogP contribution in [0.4, 0.5) is 11.8 Å². The minimum Gasteiger partial charge on any atom is -0.480 e. The number of fused-ring (bicyclic) bond motifs is 1. The van der Waals surface area contributed by atoms with Gasteiger partial charge in [0.25, 0.3) is 0 Å². The Kier molecular flexibility index (Phi) is 6.76. The zero-order valence-electron chi connectivity index (χ0n) is 19.3. The Labute approximate surface area is 203 Å². The maximum Gasteiger partial charge on any atom is 0.326 e. The lowest BCUT2D eigenvalue weighted by molar-refractivity contribution is -0.137. The molecule has 9 heteroatoms. The minimum atomic E-state index is -0.919. The first-order chi connectivity index (χ1) is 17.2. The van der Waals surface area contributed by atoms with Crippen molar-refractivity contribution in [3.05, 3.63) is 84.4 Å². The van der Waals surface area contributed by atoms with E-state index in [4.69, 9.17) is 9.97 Å². The number of piperazine rings is 1. The van der Waals surface area contributed by atoms with Crippen LogP contribution >= 0.6 is 0 Å². The van der Waals surface area contributed by atoms with Crippen LogP contribution in [-0.4, -0.2) is 68.1 Å². The predicted octanol–water partition coefficient (Wildman–Crippen LogP) is 2.85. The number of carboxylic acid groups (broad SMARTS) is 1. The average molecular weight is 470 g/mol. The third-order valence-electron chi connectivity index (χ3n) is 6.11. The van der Waals surface area contributed by atoms with Gasteiger partial charge in [-0.1, -0.05) is 42.5 Å². The zero-order chi connectivity index (χ0) is 24.0. The maximum atomic E-state index is 12.1. The summed E-state index contributed by atoms with van der Waals surface area (Å²) >= 11 is 0. The molecule has 1 aliphatic heterocycles. The molecule has 1 unspecified atom stereocenters. The zero-order valence-corrected chi connectivity index (χ0v) is 19.3. The normalized spacial score (nSPS) is 15.1. The lowest BCUT2D eigenvalue weighted by atomic mass is 10.1. The quantitative estimate of drug-likeness (QED) is 0.403. The number of rotatable bonds is 8. The first-order valence-corrected chi connectivity index (χ1v) is 11.7. The standard InChI is InChI=1S/C26H27N7O2/c34-25(35)22(17-19-7-2-1-3-8-19)30-24-20-9-4-5-10-21(20)29-23(31-24)18-32-13-15-33(16-14-32)26-27-11-6-12-28-26/h1-12,22H,13-18H2,(H,34,35)(H,29,30,31). The van der Waals surface area contributed by atoms with Gasteiger partial charge in [0.1, 0.15) is 17.7 Å². The number of aromatic nitrogens is 4. The Balaban J connectivity index is 1.33. The maximum absolute atomic E-state index is 12.1. The largest absolute Gasteiger partial charge is 0.480 e. The highest BCUT2D eigenvalue weighted by Crippen LogP contribution is 2.23. The second kappa shape index (κ2) is 10.4. The van der Waals surface area contributed by atoms with Crippen molar-refractivity contribution in [3.63, 3.8) is 0 Å². The van der Waals surface area contributed by atoms with E-state index >= 15 is 0 Å². The van der Waals surface area contributed by atoms with E-state index in [0.29, 0.717) is 24.6 Å². The van der Waals surface area contributed by atoms with Crippen molar-refractivity contribution in [1.82, 2.24) is 24.8 Å². The Morgan fingerprint density at radius 1 is 0.914 bits per heavy atom. The third-order valence-corrected chi connectivity index (χ3v) is 6.11. The lowest BCUT2D eigenvalue weighted by Gasteiger charge is -2.34. The molecule has 4 aromatic rings. The van der Waals surface area contributed by atoms with Crippen molar-refractivity contribution in [3.8, 4) is 0 Å². The Morgan fingerprint density at radius 3 is 2.37 bits per heavy atom. The number of carbonyl (C=O) groups is 1. The van der Waals surface area contributed by atoms with Gasteiger partial charge in [-0.25, -0.2) is 24.7 Å². The number of nitrogens with zero attached hydrogens (tertiary/aromatic N) is 6. The van der Waals surface area contributed by atoms with E-state index in [1.54, 1.807) is 12.4 Å². The fourth-order valence-electron chi connectivity index (χ4n) is 4.28. The van der Waals surface area contributed by atoms with Crippen molar-refractivity contribution >= 4 is 28.6 Å². The summed E-state index contributed by atoms with van der Waals surface area (Å²) < 4.78 is 0. The summed E-state index contributed by atoms with van der Waals surface area (Å²) in [5.74, 6) is 1.04. The summed E-state index contributed by atoms with van der Waals surface area (Å²) in [6.07, 6.45) is 3.87. The number of nitrogens with one attached hydrogen (secondary N) is 1. The molecule has 0 saturated carbocycles. The molecule has 35 heavy (non-hydrogen) atoms. The number of para-hydroxylation sites is 1. The van der Waals surface area contributed by atoms with Crippen LogP contribution in [0.1, 0.15) is 11.4 Å². The molecule has 1 fully saturated rings. The van der Waals surface area contributed by atoms with Gasteiger partial charge in [-0.15, -0.1) is 0 Å². The molecule has 2 N–H and O–H groups in total. The third kappa shape index (κ3) is 5.52. The van der Waals surface area contributed by atoms with Crippen LogP contribution in [0.5, 0.6) is 0 Å². The molecule has 0 bridgehead atoms. The SMILES string of the molecule is O=C(O)C(Cc1ccccc1)Nc1nc(CN2CCN(c3ncccn3)CC2)nc2ccccc12. The first-order valence-electron chi connectivity index (χ1n) is 11.7. The fraction of sp³-hybridized carbons (Fsp3) is 0.269. The topological polar surface area (TPSA) is 107 Å². The van der Waals surface area contributed by atoms with Gasteiger partial charge in [-0.05, 0) is 23.8 Å². The van der Waals surface area contributed by atoms with Gasteiger partial charge < -0.3 is 15.3 Å². The molecule has 0 radical (unpaired) electrons. The van der Waals surface area contributed by atoms with Crippen LogP contribution < -0.4 is 10.2 Å². The number of hydrogen-bond donors (Lipinski definition) is 2. The van der Waals surface area contributed by atoms with Crippen molar-refractivity contribution in [2.75, 3.05) is 36.4 Å². The number of aliphatic carboxylic acids is 1. The van der Waals surface area contributed by atoms with Crippen molar-refractivity contribution in [2.45, 2.75) is 19.0 Å². The molecule has 2 aromatic heterocycles. The van der Waals surface area contributed by atoms with Gasteiger partial charge in [0.2, 0.25) is 5.95 Å². The van der Waals surface area contributed by atoms with Gasteiger partial charge in [0.05, 0.1) is 12.1 Å². The van der Waals surface area contributed by atoms with Crippen LogP contribution in [-0.2, 0) is 17.8 Å². The highest BCUT2D eigenvalue weighted by molar-refractivity contribution is 5.91. The van der Waals surface area contributed by atoms with E-state index in [0.717, 1.165) is 48.6 Å². The monoisotopic (exact) mass is 469 g/mol. The Bertz CT molecular complexity index is 1280. The summed E-state index contributed by atoms with van der Waals surface area (Å²) in [6.45, 7) is 3.90. The first kappa shape index (κ1) is 22.7. The minimum absolute atomic E-state index is 0.355. The lowest BCUT2D eigenvalue weighted by Crippen LogP contribution is -2.46. The van der Waals surface area contributed by atoms with E-state index < -0.39 is 12.0 Å². The van der Waals surface area contributed by atoms with Gasteiger partial charge in [-0.2, -0.15) is 0 Å². The van der Waals surface area contributed by atoms with Crippen LogP contribution in [0.25, 0.3) is 10.9 Å². The van der Waals surface area contributed by atoms with Crippen molar-refractivity contribution < 1.29 is 9.90 Å². The van der Waals surface area contributed by atoms with Gasteiger partial charge in [0, 0.05) is 50.4 Å². The van der Waals surface area contributed by atoms with Gasteiger partial charge >= 0.3 is 5.97 Å². The molecule has 1 saturated heterocycles. The Hall–Kier alpha value is -4.11. The van der Waals surface area contributed by atoms with E-state index in [1.165, 1.54) is 0 Å². The molecule has 3 heterocycles. The number of hydrogen-bond acceptors (Lipinski definition) is 8. The van der Waals surface area contributed by atoms with Gasteiger partial charge in [-0.3, -0.25) is 4.90 Å². The fourth-order valence-corrected chi connectivity index (χ4v) is 4.28. The summed E-state index contributed by atoms with van der Waals surface area (Å²) in [7, 11) is 0. The average Bonchev–Trinajstić information content (AvgIpc) is 2.90. The molecular formula is C26H27N7O2. The molecule has 1 aliphatic rings. The van der Waals surface area contributed by atoms with Crippen LogP contribution in [0.15, 0.2) is 73.1 Å². The van der Waals surface area contributed by atoms with Crippen LogP contribution in [0.2, 0.25) is 0 Å². The van der Waals surface area contributed by atoms with E-state index in [9.17, 15) is 9.90 Å². The predicted molar refractivity (Wildman–Crippen MR) is 134 cm³/mol. The molecule has 1 atom stereocenters. The van der Waals surface area contributed by atoms with Crippen LogP contribution in [0.3, 0.4) is 0 Å². The van der Waals surface area contributed by atoms with E-state index in [-0.39, 0.29) is 0 Å². The van der Waals surface area contributed by atoms with E-state index in [1.807, 2.05) is 60.7 Å². The summed E-state index contributed by atoms with van der Waals surface area (Å²) in [4.78, 5) is 34.8. The molecular weight excluding hydrogens is 442 g/mol. The summed E-state index contributed by atoms with van der Waals surface area (Å²) in [5.41, 5.74) is 1.74. The number of benzene rings is 2. The second-order valence-electron chi connectivity index (χ2n) is 8.54. The van der Waals surface area contributed by atoms with E-state index in [2.05, 4.69) is 25.1 Å². The smallest absolute Gasteiger partial charge is 0.326 e. The van der Waals surface area contributed by atoms with Crippen molar-refractivity contribution in [2.24, 2.45) is 0 Å². The molecule has 178 valence electrons. The molecule has 2 aromatic carbocycles. The molecule has 0 aliphatic carbocycles. The highest BCUT2D eigenvalue weighted by Gasteiger charge is 2.22. The molecule has 0 amide bonds. The molecule has 0 spiro atoms. The van der Waals surface area contributed by atoms with Gasteiger partial charge in [0.15, 0.2) is 0 Å². The Morgan fingerprint density at radius 2 is 1.63 bits per heavy atom. The summed E-state index contributed by atoms with van der Waals surface area (Å²) in [5, 5.41) is 13.9.